The Bertz CT molecular complexity index is 1140. The van der Waals surface area contributed by atoms with Crippen LogP contribution in [0.1, 0.15) is 0 Å². The van der Waals surface area contributed by atoms with Crippen molar-refractivity contribution in [2.24, 2.45) is 0 Å². The average molecular weight is 401 g/mol. The Morgan fingerprint density at radius 1 is 0.692 bits per heavy atom. The Kier molecular flexibility index (Phi) is 4.49. The summed E-state index contributed by atoms with van der Waals surface area (Å²) in [5.74, 6) is 0.0884. The van der Waals surface area contributed by atoms with Crippen molar-refractivity contribution in [2.45, 2.75) is 0 Å². The Balaban J connectivity index is 2.12. The van der Waals surface area contributed by atoms with Crippen LogP contribution in [-0.4, -0.2) is 10.1 Å². The van der Waals surface area contributed by atoms with Crippen molar-refractivity contribution in [1.29, 1.82) is 0 Å². The fourth-order valence-electron chi connectivity index (χ4n) is 3.08. The fourth-order valence-corrected chi connectivity index (χ4v) is 3.74. The van der Waals surface area contributed by atoms with Gasteiger partial charge in [0.25, 0.3) is 0 Å². The van der Waals surface area contributed by atoms with Gasteiger partial charge in [0.2, 0.25) is 0 Å². The lowest BCUT2D eigenvalue weighted by molar-refractivity contribution is 0.478. The van der Waals surface area contributed by atoms with Gasteiger partial charge in [-0.15, -0.1) is 0 Å². The van der Waals surface area contributed by atoms with E-state index in [9.17, 15) is 5.11 Å². The maximum Gasteiger partial charge on any atom is 0.130 e. The van der Waals surface area contributed by atoms with Crippen molar-refractivity contribution >= 4 is 45.7 Å². The Hall–Kier alpha value is -2.26. The molecule has 128 valence electrons. The Morgan fingerprint density at radius 2 is 1.31 bits per heavy atom. The van der Waals surface area contributed by atoms with Crippen LogP contribution < -0.4 is 0 Å². The van der Waals surface area contributed by atoms with Crippen LogP contribution in [0.5, 0.6) is 5.75 Å². The highest BCUT2D eigenvalue weighted by Crippen LogP contribution is 2.43. The van der Waals surface area contributed by atoms with Crippen molar-refractivity contribution in [3.05, 3.63) is 81.9 Å². The lowest BCUT2D eigenvalue weighted by Crippen LogP contribution is -1.91. The highest BCUT2D eigenvalue weighted by Gasteiger charge is 2.17. The number of rotatable bonds is 2. The number of phenols is 1. The molecule has 1 N–H and O–H groups in total. The van der Waals surface area contributed by atoms with Gasteiger partial charge >= 0.3 is 0 Å². The third kappa shape index (κ3) is 2.90. The molecule has 4 aromatic rings. The van der Waals surface area contributed by atoms with E-state index in [0.717, 1.165) is 16.5 Å². The fraction of sp³-hybridized carbons (Fsp3) is 0. The number of hydrogen-bond acceptors (Lipinski definition) is 2. The molecule has 4 rings (SSSR count). The van der Waals surface area contributed by atoms with Crippen molar-refractivity contribution in [2.75, 3.05) is 0 Å². The average Bonchev–Trinajstić information content (AvgIpc) is 2.62. The lowest BCUT2D eigenvalue weighted by atomic mass is 9.95. The first-order valence-corrected chi connectivity index (χ1v) is 9.01. The van der Waals surface area contributed by atoms with Gasteiger partial charge in [-0.1, -0.05) is 71.2 Å². The number of aromatic hydroxyl groups is 1. The highest BCUT2D eigenvalue weighted by atomic mass is 35.5. The van der Waals surface area contributed by atoms with E-state index in [1.165, 1.54) is 0 Å². The smallest absolute Gasteiger partial charge is 0.130 e. The lowest BCUT2D eigenvalue weighted by Gasteiger charge is -2.14. The van der Waals surface area contributed by atoms with E-state index >= 15 is 0 Å². The monoisotopic (exact) mass is 399 g/mol. The number of halogens is 3. The number of nitrogens with zero attached hydrogens (tertiary/aromatic N) is 1. The maximum atomic E-state index is 10.5. The van der Waals surface area contributed by atoms with Gasteiger partial charge in [0, 0.05) is 26.6 Å². The molecular weight excluding hydrogens is 389 g/mol. The summed E-state index contributed by atoms with van der Waals surface area (Å²) in [7, 11) is 0. The van der Waals surface area contributed by atoms with E-state index < -0.39 is 0 Å². The maximum absolute atomic E-state index is 10.5. The molecule has 0 amide bonds. The van der Waals surface area contributed by atoms with Crippen LogP contribution in [0.2, 0.25) is 15.2 Å². The zero-order valence-electron chi connectivity index (χ0n) is 13.4. The first-order valence-electron chi connectivity index (χ1n) is 7.88. The molecule has 0 aliphatic heterocycles. The van der Waals surface area contributed by atoms with Gasteiger partial charge in [-0.3, -0.25) is 0 Å². The Labute approximate surface area is 165 Å². The van der Waals surface area contributed by atoms with Crippen LogP contribution in [-0.2, 0) is 0 Å². The summed E-state index contributed by atoms with van der Waals surface area (Å²) in [5.41, 5.74) is 3.50. The van der Waals surface area contributed by atoms with E-state index in [0.29, 0.717) is 31.8 Å². The molecule has 3 aromatic carbocycles. The van der Waals surface area contributed by atoms with E-state index in [1.54, 1.807) is 18.2 Å². The minimum Gasteiger partial charge on any atom is -0.507 e. The Morgan fingerprint density at radius 3 is 1.96 bits per heavy atom. The molecule has 0 saturated heterocycles. The molecule has 26 heavy (non-hydrogen) atoms. The van der Waals surface area contributed by atoms with Gasteiger partial charge in [0.15, 0.2) is 0 Å². The number of fused-ring (bicyclic) bond motifs is 1. The summed E-state index contributed by atoms with van der Waals surface area (Å²) in [6, 6.07) is 20.1. The highest BCUT2D eigenvalue weighted by molar-refractivity contribution is 6.35. The normalized spacial score (nSPS) is 11.0. The SMILES string of the molecule is Oc1ccc2c(-c3ccccc3Cl)cc(Cl)nc2c1-c1ccccc1Cl. The van der Waals surface area contributed by atoms with Crippen LogP contribution >= 0.6 is 34.8 Å². The van der Waals surface area contributed by atoms with Crippen LogP contribution in [0, 0.1) is 0 Å². The zero-order chi connectivity index (χ0) is 18.3. The molecule has 0 radical (unpaired) electrons. The summed E-state index contributed by atoms with van der Waals surface area (Å²) in [4.78, 5) is 4.47. The summed E-state index contributed by atoms with van der Waals surface area (Å²) in [5, 5.41) is 12.8. The molecule has 0 aliphatic carbocycles. The molecule has 5 heteroatoms. The summed E-state index contributed by atoms with van der Waals surface area (Å²) in [6.07, 6.45) is 0. The molecule has 0 fully saturated rings. The molecule has 1 aromatic heterocycles. The van der Waals surface area contributed by atoms with Crippen LogP contribution in [0.25, 0.3) is 33.2 Å². The second-order valence-electron chi connectivity index (χ2n) is 5.81. The third-order valence-electron chi connectivity index (χ3n) is 4.24. The summed E-state index contributed by atoms with van der Waals surface area (Å²) >= 11 is 19.1. The topological polar surface area (TPSA) is 33.1 Å². The predicted molar refractivity (Wildman–Crippen MR) is 109 cm³/mol. The zero-order valence-corrected chi connectivity index (χ0v) is 15.6. The number of aromatic nitrogens is 1. The molecule has 0 unspecified atom stereocenters. The van der Waals surface area contributed by atoms with Gasteiger partial charge in [0.1, 0.15) is 10.9 Å². The van der Waals surface area contributed by atoms with E-state index in [1.807, 2.05) is 48.5 Å². The quantitative estimate of drug-likeness (QED) is 0.360. The minimum atomic E-state index is 0.0884. The van der Waals surface area contributed by atoms with Crippen LogP contribution in [0.3, 0.4) is 0 Å². The number of hydrogen-bond donors (Lipinski definition) is 1. The number of phenolic OH excluding ortho intramolecular Hbond substituents is 1. The van der Waals surface area contributed by atoms with Crippen LogP contribution in [0.4, 0.5) is 0 Å². The number of benzene rings is 3. The first-order chi connectivity index (χ1) is 12.6. The molecule has 0 bridgehead atoms. The van der Waals surface area contributed by atoms with Crippen molar-refractivity contribution < 1.29 is 5.11 Å². The summed E-state index contributed by atoms with van der Waals surface area (Å²) in [6.45, 7) is 0. The molecule has 2 nitrogen and oxygen atoms in total. The molecule has 1 heterocycles. The molecule has 0 saturated carbocycles. The standard InChI is InChI=1S/C21H12Cl3NO/c22-16-7-3-1-5-12(16)15-11-19(24)25-21-13(15)9-10-18(26)20(21)14-6-2-4-8-17(14)23/h1-11,26H. The molecule has 0 aliphatic rings. The van der Waals surface area contributed by atoms with Gasteiger partial charge in [-0.2, -0.15) is 0 Å². The van der Waals surface area contributed by atoms with Gasteiger partial charge in [0.05, 0.1) is 11.1 Å². The third-order valence-corrected chi connectivity index (χ3v) is 5.09. The van der Waals surface area contributed by atoms with E-state index in [2.05, 4.69) is 4.98 Å². The second-order valence-corrected chi connectivity index (χ2v) is 7.01. The van der Waals surface area contributed by atoms with Crippen LogP contribution in [0.15, 0.2) is 66.7 Å². The first kappa shape index (κ1) is 17.2. The molecule has 0 spiro atoms. The predicted octanol–water partition coefficient (Wildman–Crippen LogP) is 7.23. The molecule has 0 atom stereocenters. The largest absolute Gasteiger partial charge is 0.507 e. The van der Waals surface area contributed by atoms with E-state index in [4.69, 9.17) is 34.8 Å². The van der Waals surface area contributed by atoms with Gasteiger partial charge in [-0.25, -0.2) is 4.98 Å². The number of pyridine rings is 1. The van der Waals surface area contributed by atoms with Crippen molar-refractivity contribution in [1.82, 2.24) is 4.98 Å². The summed E-state index contributed by atoms with van der Waals surface area (Å²) < 4.78 is 0. The minimum absolute atomic E-state index is 0.0884. The van der Waals surface area contributed by atoms with E-state index in [-0.39, 0.29) is 5.75 Å². The van der Waals surface area contributed by atoms with Gasteiger partial charge < -0.3 is 5.11 Å². The molecular formula is C21H12Cl3NO. The second kappa shape index (κ2) is 6.81. The van der Waals surface area contributed by atoms with Crippen molar-refractivity contribution in [3.8, 4) is 28.0 Å². The van der Waals surface area contributed by atoms with Crippen molar-refractivity contribution in [3.63, 3.8) is 0 Å². The van der Waals surface area contributed by atoms with Gasteiger partial charge in [-0.05, 0) is 35.9 Å².